The van der Waals surface area contributed by atoms with E-state index in [1.807, 2.05) is 35.4 Å². The molecule has 5 rings (SSSR count). The van der Waals surface area contributed by atoms with Gasteiger partial charge in [-0.3, -0.25) is 9.59 Å². The monoisotopic (exact) mass is 448 g/mol. The summed E-state index contributed by atoms with van der Waals surface area (Å²) in [7, 11) is 0. The summed E-state index contributed by atoms with van der Waals surface area (Å²) < 4.78 is 5.18. The fraction of sp³-hybridized carbons (Fsp3) is 0.167. The Bertz CT molecular complexity index is 1230. The number of furan rings is 1. The van der Waals surface area contributed by atoms with Crippen LogP contribution < -0.4 is 5.32 Å². The van der Waals surface area contributed by atoms with Gasteiger partial charge in [-0.1, -0.05) is 12.1 Å². The van der Waals surface area contributed by atoms with Crippen LogP contribution in [0.15, 0.2) is 70.0 Å². The van der Waals surface area contributed by atoms with E-state index in [0.717, 1.165) is 16.9 Å². The van der Waals surface area contributed by atoms with Gasteiger partial charge in [0.1, 0.15) is 0 Å². The van der Waals surface area contributed by atoms with E-state index in [-0.39, 0.29) is 23.6 Å². The standard InChI is InChI=1S/C24H20N2O3S2/c1-15-6-7-16(14-18(15)25-23(27)19-4-2-11-29-19)24(28)26-10-8-20-17(9-13-31-20)22(26)21-5-3-12-30-21/h2-7,9,11-14,22H,8,10H2,1H3,(H,25,27)/t22-/m0/s1. The number of anilines is 1. The summed E-state index contributed by atoms with van der Waals surface area (Å²) in [6, 6.07) is 14.9. The number of aryl methyl sites for hydroxylation is 1. The Kier molecular flexibility index (Phi) is 5.21. The predicted octanol–water partition coefficient (Wildman–Crippen LogP) is 5.75. The lowest BCUT2D eigenvalue weighted by molar-refractivity contribution is 0.0698. The van der Waals surface area contributed by atoms with Crippen LogP contribution >= 0.6 is 22.7 Å². The lowest BCUT2D eigenvalue weighted by Gasteiger charge is -2.35. The molecule has 1 atom stereocenters. The van der Waals surface area contributed by atoms with Crippen molar-refractivity contribution in [1.29, 1.82) is 0 Å². The van der Waals surface area contributed by atoms with Gasteiger partial charge in [-0.25, -0.2) is 0 Å². The first-order valence-corrected chi connectivity index (χ1v) is 11.7. The fourth-order valence-electron chi connectivity index (χ4n) is 3.94. The zero-order valence-electron chi connectivity index (χ0n) is 16.8. The second-order valence-electron chi connectivity index (χ2n) is 7.43. The lowest BCUT2D eigenvalue weighted by atomic mass is 9.97. The van der Waals surface area contributed by atoms with Gasteiger partial charge in [0.25, 0.3) is 11.8 Å². The van der Waals surface area contributed by atoms with Crippen LogP contribution in [-0.2, 0) is 6.42 Å². The summed E-state index contributed by atoms with van der Waals surface area (Å²) in [5, 5.41) is 7.01. The highest BCUT2D eigenvalue weighted by atomic mass is 32.1. The van der Waals surface area contributed by atoms with Crippen LogP contribution in [0.4, 0.5) is 5.69 Å². The molecule has 0 radical (unpaired) electrons. The van der Waals surface area contributed by atoms with E-state index >= 15 is 0 Å². The quantitative estimate of drug-likeness (QED) is 0.432. The van der Waals surface area contributed by atoms with Crippen molar-refractivity contribution >= 4 is 40.2 Å². The summed E-state index contributed by atoms with van der Waals surface area (Å²) >= 11 is 3.42. The number of fused-ring (bicyclic) bond motifs is 1. The first kappa shape index (κ1) is 19.8. The third-order valence-corrected chi connectivity index (χ3v) is 7.44. The van der Waals surface area contributed by atoms with E-state index in [0.29, 0.717) is 17.8 Å². The van der Waals surface area contributed by atoms with Gasteiger partial charge in [0.2, 0.25) is 0 Å². The zero-order chi connectivity index (χ0) is 21.4. The van der Waals surface area contributed by atoms with Gasteiger partial charge in [0.15, 0.2) is 5.76 Å². The minimum Gasteiger partial charge on any atom is -0.459 e. The van der Waals surface area contributed by atoms with Gasteiger partial charge >= 0.3 is 0 Å². The van der Waals surface area contributed by atoms with Gasteiger partial charge in [0, 0.05) is 27.5 Å². The van der Waals surface area contributed by atoms with Crippen LogP contribution in [0, 0.1) is 6.92 Å². The maximum atomic E-state index is 13.6. The molecule has 2 amide bonds. The maximum Gasteiger partial charge on any atom is 0.291 e. The topological polar surface area (TPSA) is 62.6 Å². The number of nitrogens with zero attached hydrogens (tertiary/aromatic N) is 1. The molecule has 5 nitrogen and oxygen atoms in total. The van der Waals surface area contributed by atoms with E-state index in [4.69, 9.17) is 4.42 Å². The van der Waals surface area contributed by atoms with Crippen LogP contribution in [0.1, 0.15) is 47.8 Å². The van der Waals surface area contributed by atoms with Gasteiger partial charge in [-0.05, 0) is 71.6 Å². The molecule has 31 heavy (non-hydrogen) atoms. The lowest BCUT2D eigenvalue weighted by Crippen LogP contribution is -2.39. The molecule has 0 bridgehead atoms. The first-order valence-electron chi connectivity index (χ1n) is 9.98. The minimum atomic E-state index is -0.338. The third kappa shape index (κ3) is 3.71. The van der Waals surface area contributed by atoms with Gasteiger partial charge < -0.3 is 14.6 Å². The third-order valence-electron chi connectivity index (χ3n) is 5.52. The van der Waals surface area contributed by atoms with Crippen molar-refractivity contribution in [2.24, 2.45) is 0 Å². The Morgan fingerprint density at radius 2 is 2.00 bits per heavy atom. The summed E-state index contributed by atoms with van der Waals surface area (Å²) in [4.78, 5) is 30.5. The molecule has 1 aliphatic heterocycles. The van der Waals surface area contributed by atoms with Crippen LogP contribution in [0.25, 0.3) is 0 Å². The SMILES string of the molecule is Cc1ccc(C(=O)N2CCc3sccc3[C@H]2c2cccs2)cc1NC(=O)c1ccco1. The molecule has 0 unspecified atom stereocenters. The number of amides is 2. The fourth-order valence-corrected chi connectivity index (χ4v) is 5.69. The van der Waals surface area contributed by atoms with Gasteiger partial charge in [-0.15, -0.1) is 22.7 Å². The van der Waals surface area contributed by atoms with Crippen molar-refractivity contribution in [3.05, 3.63) is 97.8 Å². The first-order chi connectivity index (χ1) is 15.1. The highest BCUT2D eigenvalue weighted by molar-refractivity contribution is 7.10. The summed E-state index contributed by atoms with van der Waals surface area (Å²) in [5.74, 6) is -0.145. The summed E-state index contributed by atoms with van der Waals surface area (Å²) in [5.41, 5.74) is 3.25. The molecule has 0 aliphatic carbocycles. The van der Waals surface area contributed by atoms with E-state index in [9.17, 15) is 9.59 Å². The molecule has 3 aromatic heterocycles. The van der Waals surface area contributed by atoms with Crippen molar-refractivity contribution < 1.29 is 14.0 Å². The predicted molar refractivity (Wildman–Crippen MR) is 123 cm³/mol. The average Bonchev–Trinajstić information content (AvgIpc) is 3.56. The van der Waals surface area contributed by atoms with E-state index in [1.54, 1.807) is 40.9 Å². The molecule has 0 saturated carbocycles. The second kappa shape index (κ2) is 8.17. The van der Waals surface area contributed by atoms with Crippen LogP contribution in [-0.4, -0.2) is 23.3 Å². The molecule has 1 aliphatic rings. The Morgan fingerprint density at radius 1 is 1.10 bits per heavy atom. The van der Waals surface area contributed by atoms with Crippen molar-refractivity contribution in [1.82, 2.24) is 4.90 Å². The molecule has 4 aromatic rings. The van der Waals surface area contributed by atoms with Crippen LogP contribution in [0.5, 0.6) is 0 Å². The van der Waals surface area contributed by atoms with Crippen LogP contribution in [0.2, 0.25) is 0 Å². The zero-order valence-corrected chi connectivity index (χ0v) is 18.5. The van der Waals surface area contributed by atoms with Crippen molar-refractivity contribution in [3.63, 3.8) is 0 Å². The van der Waals surface area contributed by atoms with Gasteiger partial charge in [-0.2, -0.15) is 0 Å². The van der Waals surface area contributed by atoms with E-state index in [1.165, 1.54) is 16.7 Å². The van der Waals surface area contributed by atoms with Gasteiger partial charge in [0.05, 0.1) is 12.3 Å². The number of hydrogen-bond acceptors (Lipinski definition) is 5. The Labute approximate surface area is 187 Å². The highest BCUT2D eigenvalue weighted by Gasteiger charge is 2.34. The molecule has 0 fully saturated rings. The summed E-state index contributed by atoms with van der Waals surface area (Å²) in [6.45, 7) is 2.57. The molecule has 1 aromatic carbocycles. The number of thiophene rings is 2. The Hall–Kier alpha value is -3.16. The van der Waals surface area contributed by atoms with Crippen molar-refractivity contribution in [2.75, 3.05) is 11.9 Å². The largest absolute Gasteiger partial charge is 0.459 e. The summed E-state index contributed by atoms with van der Waals surface area (Å²) in [6.07, 6.45) is 2.32. The smallest absolute Gasteiger partial charge is 0.291 e. The van der Waals surface area contributed by atoms with Crippen molar-refractivity contribution in [2.45, 2.75) is 19.4 Å². The number of rotatable bonds is 4. The van der Waals surface area contributed by atoms with E-state index < -0.39 is 0 Å². The Balaban J connectivity index is 1.46. The number of carbonyl (C=O) groups excluding carboxylic acids is 2. The normalized spacial score (nSPS) is 15.5. The molecule has 156 valence electrons. The average molecular weight is 449 g/mol. The molecule has 0 spiro atoms. The molecule has 4 heterocycles. The number of nitrogens with one attached hydrogen (secondary N) is 1. The molecule has 0 saturated heterocycles. The number of carbonyl (C=O) groups is 2. The highest BCUT2D eigenvalue weighted by Crippen LogP contribution is 2.40. The Morgan fingerprint density at radius 3 is 2.77 bits per heavy atom. The molecular weight excluding hydrogens is 428 g/mol. The van der Waals surface area contributed by atoms with Crippen molar-refractivity contribution in [3.8, 4) is 0 Å². The van der Waals surface area contributed by atoms with Crippen LogP contribution in [0.3, 0.4) is 0 Å². The number of hydrogen-bond donors (Lipinski definition) is 1. The number of benzene rings is 1. The second-order valence-corrected chi connectivity index (χ2v) is 9.41. The maximum absolute atomic E-state index is 13.6. The van der Waals surface area contributed by atoms with E-state index in [2.05, 4.69) is 22.8 Å². The molecule has 7 heteroatoms. The minimum absolute atomic E-state index is 0.0382. The molecular formula is C24H20N2O3S2. The molecule has 1 N–H and O–H groups in total.